The summed E-state index contributed by atoms with van der Waals surface area (Å²) in [6.07, 6.45) is 0. The SMILES string of the molecule is CCN(CC)C(CN)c1nc2ccccc2[nH]1. The van der Waals surface area contributed by atoms with Gasteiger partial charge in [-0.3, -0.25) is 4.90 Å². The molecule has 0 amide bonds. The van der Waals surface area contributed by atoms with Gasteiger partial charge < -0.3 is 10.7 Å². The average Bonchev–Trinajstić information content (AvgIpc) is 2.78. The molecule has 2 rings (SSSR count). The van der Waals surface area contributed by atoms with Crippen molar-refractivity contribution < 1.29 is 0 Å². The molecule has 92 valence electrons. The van der Waals surface area contributed by atoms with Crippen LogP contribution in [-0.2, 0) is 0 Å². The molecule has 0 bridgehead atoms. The highest BCUT2D eigenvalue weighted by Crippen LogP contribution is 2.19. The van der Waals surface area contributed by atoms with Gasteiger partial charge in [0, 0.05) is 6.54 Å². The van der Waals surface area contributed by atoms with E-state index in [9.17, 15) is 0 Å². The molecule has 2 aromatic rings. The Bertz CT molecular complexity index is 440. The molecule has 0 aliphatic carbocycles. The van der Waals surface area contributed by atoms with E-state index in [1.165, 1.54) is 0 Å². The smallest absolute Gasteiger partial charge is 0.125 e. The summed E-state index contributed by atoms with van der Waals surface area (Å²) < 4.78 is 0. The zero-order valence-electron chi connectivity index (χ0n) is 10.5. The van der Waals surface area contributed by atoms with Crippen molar-refractivity contribution in [3.63, 3.8) is 0 Å². The first-order valence-electron chi connectivity index (χ1n) is 6.18. The second-order valence-corrected chi connectivity index (χ2v) is 4.11. The molecule has 0 saturated carbocycles. The molecular formula is C13H20N4. The normalized spacial score (nSPS) is 13.4. The summed E-state index contributed by atoms with van der Waals surface area (Å²) in [5.41, 5.74) is 7.96. The van der Waals surface area contributed by atoms with Crippen LogP contribution >= 0.6 is 0 Å². The highest BCUT2D eigenvalue weighted by atomic mass is 15.2. The number of benzene rings is 1. The van der Waals surface area contributed by atoms with Gasteiger partial charge in [0.25, 0.3) is 0 Å². The summed E-state index contributed by atoms with van der Waals surface area (Å²) >= 11 is 0. The summed E-state index contributed by atoms with van der Waals surface area (Å²) in [6.45, 7) is 6.84. The second kappa shape index (κ2) is 5.29. The van der Waals surface area contributed by atoms with E-state index in [2.05, 4.69) is 28.7 Å². The van der Waals surface area contributed by atoms with E-state index in [-0.39, 0.29) is 6.04 Å². The second-order valence-electron chi connectivity index (χ2n) is 4.11. The van der Waals surface area contributed by atoms with Crippen LogP contribution in [0.1, 0.15) is 25.7 Å². The topological polar surface area (TPSA) is 57.9 Å². The number of nitrogens with two attached hydrogens (primary N) is 1. The lowest BCUT2D eigenvalue weighted by atomic mass is 10.2. The van der Waals surface area contributed by atoms with Crippen LogP contribution < -0.4 is 5.73 Å². The number of likely N-dealkylation sites (N-methyl/N-ethyl adjacent to an activating group) is 1. The van der Waals surface area contributed by atoms with Gasteiger partial charge in [0.2, 0.25) is 0 Å². The number of aromatic nitrogens is 2. The van der Waals surface area contributed by atoms with Crippen molar-refractivity contribution in [2.45, 2.75) is 19.9 Å². The predicted octanol–water partition coefficient (Wildman–Crippen LogP) is 1.90. The maximum absolute atomic E-state index is 5.88. The van der Waals surface area contributed by atoms with Crippen LogP contribution in [0.2, 0.25) is 0 Å². The van der Waals surface area contributed by atoms with Gasteiger partial charge in [0.05, 0.1) is 17.1 Å². The van der Waals surface area contributed by atoms with Gasteiger partial charge in [-0.15, -0.1) is 0 Å². The molecule has 1 atom stereocenters. The van der Waals surface area contributed by atoms with Crippen LogP contribution in [0.4, 0.5) is 0 Å². The summed E-state index contributed by atoms with van der Waals surface area (Å²) in [5.74, 6) is 0.970. The monoisotopic (exact) mass is 232 g/mol. The Kier molecular flexibility index (Phi) is 3.76. The molecular weight excluding hydrogens is 212 g/mol. The molecule has 0 saturated heterocycles. The molecule has 1 unspecified atom stereocenters. The summed E-state index contributed by atoms with van der Waals surface area (Å²) in [7, 11) is 0. The van der Waals surface area contributed by atoms with Gasteiger partial charge in [0.15, 0.2) is 0 Å². The number of imidazole rings is 1. The van der Waals surface area contributed by atoms with E-state index in [0.29, 0.717) is 6.54 Å². The van der Waals surface area contributed by atoms with Crippen LogP contribution in [0.25, 0.3) is 11.0 Å². The lowest BCUT2D eigenvalue weighted by Gasteiger charge is -2.26. The quantitative estimate of drug-likeness (QED) is 0.828. The molecule has 17 heavy (non-hydrogen) atoms. The number of nitrogens with one attached hydrogen (secondary N) is 1. The van der Waals surface area contributed by atoms with Crippen molar-refractivity contribution in [1.29, 1.82) is 0 Å². The van der Waals surface area contributed by atoms with E-state index < -0.39 is 0 Å². The largest absolute Gasteiger partial charge is 0.341 e. The van der Waals surface area contributed by atoms with Gasteiger partial charge in [-0.2, -0.15) is 0 Å². The fraction of sp³-hybridized carbons (Fsp3) is 0.462. The van der Waals surface area contributed by atoms with Crippen molar-refractivity contribution in [3.8, 4) is 0 Å². The Morgan fingerprint density at radius 2 is 2.00 bits per heavy atom. The molecule has 0 aliphatic rings. The van der Waals surface area contributed by atoms with Crippen molar-refractivity contribution in [2.24, 2.45) is 5.73 Å². The number of hydrogen-bond donors (Lipinski definition) is 2. The minimum absolute atomic E-state index is 0.178. The Morgan fingerprint density at radius 1 is 1.29 bits per heavy atom. The minimum Gasteiger partial charge on any atom is -0.341 e. The number of rotatable bonds is 5. The molecule has 1 aromatic carbocycles. The third-order valence-electron chi connectivity index (χ3n) is 3.20. The highest BCUT2D eigenvalue weighted by Gasteiger charge is 2.19. The van der Waals surface area contributed by atoms with E-state index in [1.807, 2.05) is 24.3 Å². The summed E-state index contributed by atoms with van der Waals surface area (Å²) in [6, 6.07) is 8.26. The van der Waals surface area contributed by atoms with Crippen molar-refractivity contribution in [2.75, 3.05) is 19.6 Å². The number of nitrogens with zero attached hydrogens (tertiary/aromatic N) is 2. The van der Waals surface area contributed by atoms with Crippen LogP contribution in [0.5, 0.6) is 0 Å². The van der Waals surface area contributed by atoms with E-state index >= 15 is 0 Å². The Balaban J connectivity index is 2.36. The fourth-order valence-electron chi connectivity index (χ4n) is 2.23. The Hall–Kier alpha value is -1.39. The lowest BCUT2D eigenvalue weighted by Crippen LogP contribution is -2.34. The predicted molar refractivity (Wildman–Crippen MR) is 70.8 cm³/mol. The molecule has 0 fully saturated rings. The molecule has 0 aliphatic heterocycles. The van der Waals surface area contributed by atoms with E-state index in [4.69, 9.17) is 5.73 Å². The number of H-pyrrole nitrogens is 1. The molecule has 4 heteroatoms. The lowest BCUT2D eigenvalue weighted by molar-refractivity contribution is 0.217. The maximum atomic E-state index is 5.88. The average molecular weight is 232 g/mol. The number of fused-ring (bicyclic) bond motifs is 1. The zero-order valence-corrected chi connectivity index (χ0v) is 10.5. The number of para-hydroxylation sites is 2. The molecule has 4 nitrogen and oxygen atoms in total. The summed E-state index contributed by atoms with van der Waals surface area (Å²) in [4.78, 5) is 10.3. The van der Waals surface area contributed by atoms with Gasteiger partial charge in [-0.1, -0.05) is 26.0 Å². The molecule has 1 aromatic heterocycles. The van der Waals surface area contributed by atoms with Crippen LogP contribution in [0, 0.1) is 0 Å². The summed E-state index contributed by atoms with van der Waals surface area (Å²) in [5, 5.41) is 0. The maximum Gasteiger partial charge on any atom is 0.125 e. The Labute approximate surface area is 102 Å². The number of aromatic amines is 1. The molecule has 0 spiro atoms. The van der Waals surface area contributed by atoms with Gasteiger partial charge in [-0.05, 0) is 25.2 Å². The van der Waals surface area contributed by atoms with Gasteiger partial charge in [0.1, 0.15) is 5.82 Å². The molecule has 1 heterocycles. The Morgan fingerprint density at radius 3 is 2.59 bits per heavy atom. The third kappa shape index (κ3) is 2.33. The van der Waals surface area contributed by atoms with Crippen LogP contribution in [0.15, 0.2) is 24.3 Å². The highest BCUT2D eigenvalue weighted by molar-refractivity contribution is 5.74. The van der Waals surface area contributed by atoms with E-state index in [0.717, 1.165) is 29.9 Å². The minimum atomic E-state index is 0.178. The van der Waals surface area contributed by atoms with Crippen molar-refractivity contribution in [3.05, 3.63) is 30.1 Å². The first kappa shape index (κ1) is 12.1. The van der Waals surface area contributed by atoms with Gasteiger partial charge in [-0.25, -0.2) is 4.98 Å². The van der Waals surface area contributed by atoms with E-state index in [1.54, 1.807) is 0 Å². The van der Waals surface area contributed by atoms with Gasteiger partial charge >= 0.3 is 0 Å². The number of hydrogen-bond acceptors (Lipinski definition) is 3. The fourth-order valence-corrected chi connectivity index (χ4v) is 2.23. The van der Waals surface area contributed by atoms with Crippen molar-refractivity contribution >= 4 is 11.0 Å². The van der Waals surface area contributed by atoms with Crippen LogP contribution in [-0.4, -0.2) is 34.5 Å². The molecule has 3 N–H and O–H groups in total. The first-order valence-corrected chi connectivity index (χ1v) is 6.18. The third-order valence-corrected chi connectivity index (χ3v) is 3.20. The zero-order chi connectivity index (χ0) is 12.3. The molecule has 0 radical (unpaired) electrons. The standard InChI is InChI=1S/C13H20N4/c1-3-17(4-2)12(9-14)13-15-10-7-5-6-8-11(10)16-13/h5-8,12H,3-4,9,14H2,1-2H3,(H,15,16). The first-order chi connectivity index (χ1) is 8.30. The van der Waals surface area contributed by atoms with Crippen LogP contribution in [0.3, 0.4) is 0 Å². The van der Waals surface area contributed by atoms with Crippen molar-refractivity contribution in [1.82, 2.24) is 14.9 Å².